The average Bonchev–Trinajstić information content (AvgIpc) is 3.84. The van der Waals surface area contributed by atoms with Gasteiger partial charge < -0.3 is 25.2 Å². The summed E-state index contributed by atoms with van der Waals surface area (Å²) in [5.74, 6) is -0.768. The van der Waals surface area contributed by atoms with Gasteiger partial charge in [-0.15, -0.1) is 0 Å². The number of Topliss-reactive ketones (excluding diaryl/α,β-unsaturated/α-hetero) is 1. The summed E-state index contributed by atoms with van der Waals surface area (Å²) < 4.78 is 9.94. The molecule has 1 atom stereocenters. The molecule has 2 saturated carbocycles. The van der Waals surface area contributed by atoms with E-state index in [1.807, 2.05) is 18.2 Å². The molecule has 3 aromatic heterocycles. The Hall–Kier alpha value is -6.16. The van der Waals surface area contributed by atoms with E-state index in [1.54, 1.807) is 35.1 Å². The number of ketones is 1. The molecule has 312 valence electrons. The lowest BCUT2D eigenvalue weighted by atomic mass is 9.88. The summed E-state index contributed by atoms with van der Waals surface area (Å²) >= 11 is 0. The highest BCUT2D eigenvalue weighted by atomic mass is 16.5. The highest BCUT2D eigenvalue weighted by Gasteiger charge is 2.33. The Labute approximate surface area is 347 Å². The molecule has 0 spiro atoms. The second kappa shape index (κ2) is 16.5. The van der Waals surface area contributed by atoms with Gasteiger partial charge in [0.2, 0.25) is 11.8 Å². The third-order valence-electron chi connectivity index (χ3n) is 12.8. The molecule has 0 radical (unpaired) electrons. The number of hydrogen-bond donors (Lipinski definition) is 3. The molecular formula is C44H50N10O6. The average molecular weight is 815 g/mol. The Morgan fingerprint density at radius 2 is 1.70 bits per heavy atom. The van der Waals surface area contributed by atoms with Crippen LogP contribution < -0.4 is 25.6 Å². The van der Waals surface area contributed by atoms with Crippen LogP contribution in [0.15, 0.2) is 61.2 Å². The summed E-state index contributed by atoms with van der Waals surface area (Å²) in [4.78, 5) is 72.2. The number of amides is 4. The fourth-order valence-corrected chi connectivity index (χ4v) is 8.99. The molecule has 2 aliphatic carbocycles. The van der Waals surface area contributed by atoms with Crippen molar-refractivity contribution in [3.63, 3.8) is 0 Å². The topological polar surface area (TPSA) is 185 Å². The summed E-state index contributed by atoms with van der Waals surface area (Å²) in [6.45, 7) is 3.70. The van der Waals surface area contributed by atoms with E-state index in [-0.39, 0.29) is 42.0 Å². The number of carbonyl (C=O) groups is 5. The molecule has 9 rings (SSSR count). The van der Waals surface area contributed by atoms with Gasteiger partial charge in [0, 0.05) is 72.9 Å². The fourth-order valence-electron chi connectivity index (χ4n) is 8.99. The second-order valence-corrected chi connectivity index (χ2v) is 16.8. The van der Waals surface area contributed by atoms with Crippen LogP contribution in [0.5, 0.6) is 5.75 Å². The molecule has 0 bridgehead atoms. The van der Waals surface area contributed by atoms with Crippen LogP contribution in [0, 0.1) is 5.92 Å². The van der Waals surface area contributed by atoms with Gasteiger partial charge in [-0.3, -0.25) is 34.0 Å². The maximum absolute atomic E-state index is 13.5. The summed E-state index contributed by atoms with van der Waals surface area (Å²) in [7, 11) is 2.25. The lowest BCUT2D eigenvalue weighted by Gasteiger charge is -2.43. The third kappa shape index (κ3) is 8.20. The highest BCUT2D eigenvalue weighted by Crippen LogP contribution is 2.37. The van der Waals surface area contributed by atoms with E-state index in [2.05, 4.69) is 53.8 Å². The summed E-state index contributed by atoms with van der Waals surface area (Å²) in [6, 6.07) is 11.3. The Balaban J connectivity index is 0.808. The Kier molecular flexibility index (Phi) is 10.8. The van der Waals surface area contributed by atoms with Crippen LogP contribution in [0.25, 0.3) is 16.6 Å². The molecule has 2 aliphatic heterocycles. The van der Waals surface area contributed by atoms with Crippen molar-refractivity contribution < 1.29 is 28.7 Å². The number of imide groups is 1. The first-order chi connectivity index (χ1) is 29.1. The van der Waals surface area contributed by atoms with Crippen LogP contribution in [0.2, 0.25) is 0 Å². The predicted octanol–water partition coefficient (Wildman–Crippen LogP) is 4.94. The monoisotopic (exact) mass is 814 g/mol. The number of nitrogens with zero attached hydrogens (tertiary/aromatic N) is 7. The van der Waals surface area contributed by atoms with Crippen LogP contribution >= 0.6 is 0 Å². The fraction of sp³-hybridized carbons (Fsp3) is 0.455. The van der Waals surface area contributed by atoms with Gasteiger partial charge in [0.15, 0.2) is 11.4 Å². The Morgan fingerprint density at radius 3 is 2.45 bits per heavy atom. The van der Waals surface area contributed by atoms with E-state index < -0.39 is 17.9 Å². The van der Waals surface area contributed by atoms with Crippen LogP contribution in [0.4, 0.5) is 11.4 Å². The van der Waals surface area contributed by atoms with Crippen molar-refractivity contribution in [2.24, 2.45) is 5.92 Å². The van der Waals surface area contributed by atoms with E-state index in [0.717, 1.165) is 81.0 Å². The van der Waals surface area contributed by atoms with E-state index in [0.29, 0.717) is 52.8 Å². The minimum Gasteiger partial charge on any atom is -0.491 e. The number of ether oxygens (including phenoxy) is 1. The standard InChI is InChI=1S/C44H50N10O6/c1-26(55)34-21-32(10-11-33(34)42(57)47-36-12-13-40(56)49-44(36)59)52-18-14-30(15-19-52)51(2)29-6-8-31(9-7-29)54-24-28-20-38(39(22-37(28)50-54)60-25-27-4-5-27)48-43(58)35-23-46-53-17-3-16-45-41(35)53/h3,10-11,16-17,20-24,27,29-31,36H,4-9,12-15,18-19,25H2,1-2H3,(H,47,57)(H,48,58)(H,49,56,59). The van der Waals surface area contributed by atoms with Gasteiger partial charge in [-0.2, -0.15) is 10.2 Å². The third-order valence-corrected chi connectivity index (χ3v) is 12.8. The van der Waals surface area contributed by atoms with Crippen LogP contribution in [-0.2, 0) is 9.59 Å². The number of hydrogen-bond acceptors (Lipinski definition) is 11. The van der Waals surface area contributed by atoms with Gasteiger partial charge in [-0.05, 0) is 108 Å². The van der Waals surface area contributed by atoms with Crippen molar-refractivity contribution >= 4 is 57.3 Å². The van der Waals surface area contributed by atoms with E-state index >= 15 is 0 Å². The quantitative estimate of drug-likeness (QED) is 0.115. The molecule has 3 N–H and O–H groups in total. The van der Waals surface area contributed by atoms with Gasteiger partial charge in [0.05, 0.1) is 35.6 Å². The molecule has 2 saturated heterocycles. The van der Waals surface area contributed by atoms with Gasteiger partial charge in [-0.25, -0.2) is 9.50 Å². The lowest BCUT2D eigenvalue weighted by molar-refractivity contribution is -0.134. The lowest BCUT2D eigenvalue weighted by Crippen LogP contribution is -2.52. The molecule has 2 aromatic carbocycles. The van der Waals surface area contributed by atoms with Crippen molar-refractivity contribution in [1.82, 2.24) is 39.9 Å². The number of aromatic nitrogens is 5. The second-order valence-electron chi connectivity index (χ2n) is 16.8. The van der Waals surface area contributed by atoms with Crippen molar-refractivity contribution in [2.75, 3.05) is 37.0 Å². The number of carbonyl (C=O) groups excluding carboxylic acids is 5. The number of benzene rings is 2. The Morgan fingerprint density at radius 1 is 0.917 bits per heavy atom. The molecule has 16 heteroatoms. The zero-order valence-corrected chi connectivity index (χ0v) is 33.9. The largest absolute Gasteiger partial charge is 0.491 e. The molecule has 4 aliphatic rings. The van der Waals surface area contributed by atoms with Crippen LogP contribution in [0.1, 0.15) is 108 Å². The number of fused-ring (bicyclic) bond motifs is 2. The van der Waals surface area contributed by atoms with Gasteiger partial charge in [-0.1, -0.05) is 0 Å². The summed E-state index contributed by atoms with van der Waals surface area (Å²) in [6.07, 6.45) is 15.8. The Bertz CT molecular complexity index is 2480. The van der Waals surface area contributed by atoms with Crippen molar-refractivity contribution in [1.29, 1.82) is 0 Å². The maximum atomic E-state index is 13.5. The van der Waals surface area contributed by atoms with E-state index in [9.17, 15) is 24.0 Å². The molecular weight excluding hydrogens is 765 g/mol. The smallest absolute Gasteiger partial charge is 0.261 e. The number of rotatable bonds is 12. The minimum atomic E-state index is -0.818. The van der Waals surface area contributed by atoms with E-state index in [4.69, 9.17) is 9.84 Å². The van der Waals surface area contributed by atoms with Crippen LogP contribution in [-0.4, -0.2) is 104 Å². The zero-order chi connectivity index (χ0) is 41.5. The number of piperidine rings is 2. The number of nitrogens with one attached hydrogen (secondary N) is 3. The first kappa shape index (κ1) is 39.3. The van der Waals surface area contributed by atoms with Crippen LogP contribution in [0.3, 0.4) is 0 Å². The minimum absolute atomic E-state index is 0.152. The molecule has 5 heterocycles. The number of anilines is 2. The van der Waals surface area contributed by atoms with Crippen molar-refractivity contribution in [3.8, 4) is 5.75 Å². The molecule has 16 nitrogen and oxygen atoms in total. The summed E-state index contributed by atoms with van der Waals surface area (Å²) in [5.41, 5.74) is 3.74. The van der Waals surface area contributed by atoms with Gasteiger partial charge in [0.25, 0.3) is 11.8 Å². The molecule has 1 unspecified atom stereocenters. The summed E-state index contributed by atoms with van der Waals surface area (Å²) in [5, 5.41) is 18.2. The maximum Gasteiger partial charge on any atom is 0.261 e. The predicted molar refractivity (Wildman–Crippen MR) is 223 cm³/mol. The van der Waals surface area contributed by atoms with Gasteiger partial charge >= 0.3 is 0 Å². The van der Waals surface area contributed by atoms with Crippen molar-refractivity contribution in [2.45, 2.75) is 95.3 Å². The zero-order valence-electron chi connectivity index (χ0n) is 33.9. The molecule has 5 aromatic rings. The SMILES string of the molecule is CC(=O)c1cc(N2CCC(N(C)C3CCC(n4cc5cc(NC(=O)c6cnn7cccnc67)c(OCC6CC6)cc5n4)CC3)CC2)ccc1C(=O)NC1CCC(=O)NC1=O. The normalized spacial score (nSPS) is 21.3. The molecule has 4 fully saturated rings. The van der Waals surface area contributed by atoms with Crippen molar-refractivity contribution in [3.05, 3.63) is 77.9 Å². The first-order valence-corrected chi connectivity index (χ1v) is 21.1. The first-order valence-electron chi connectivity index (χ1n) is 21.1. The molecule has 4 amide bonds. The van der Waals surface area contributed by atoms with E-state index in [1.165, 1.54) is 13.1 Å². The molecule has 60 heavy (non-hydrogen) atoms. The highest BCUT2D eigenvalue weighted by molar-refractivity contribution is 6.10. The van der Waals surface area contributed by atoms with Gasteiger partial charge in [0.1, 0.15) is 17.4 Å².